The van der Waals surface area contributed by atoms with Crippen molar-refractivity contribution in [3.8, 4) is 5.75 Å². The lowest BCUT2D eigenvalue weighted by atomic mass is 9.82. The number of carbonyl (C=O) groups is 5. The number of ether oxygens (including phenoxy) is 3. The molecular formula is C38H55NO10. The van der Waals surface area contributed by atoms with Gasteiger partial charge in [-0.15, -0.1) is 0 Å². The van der Waals surface area contributed by atoms with Crippen LogP contribution >= 0.6 is 0 Å². The highest BCUT2D eigenvalue weighted by Crippen LogP contribution is 2.28. The van der Waals surface area contributed by atoms with Crippen molar-refractivity contribution in [3.05, 3.63) is 67.3 Å². The van der Waals surface area contributed by atoms with Crippen LogP contribution in [0.1, 0.15) is 96.0 Å². The zero-order valence-electron chi connectivity index (χ0n) is 29.2. The minimum Gasteiger partial charge on any atom is -0.508 e. The molecule has 0 heterocycles. The second kappa shape index (κ2) is 24.8. The molecule has 11 nitrogen and oxygen atoms in total. The summed E-state index contributed by atoms with van der Waals surface area (Å²) < 4.78 is 15.0. The topological polar surface area (TPSA) is 166 Å². The van der Waals surface area contributed by atoms with Crippen molar-refractivity contribution >= 4 is 29.6 Å². The van der Waals surface area contributed by atoms with Gasteiger partial charge in [0.05, 0.1) is 19.4 Å². The quantitative estimate of drug-likeness (QED) is 0.0458. The molecule has 1 amide bonds. The molecule has 0 aliphatic heterocycles. The number of ketones is 1. The van der Waals surface area contributed by atoms with Crippen LogP contribution in [0.3, 0.4) is 0 Å². The number of phenols is 1. The van der Waals surface area contributed by atoms with Gasteiger partial charge in [0, 0.05) is 19.3 Å². The standard InChI is InChI=1S/C38H55NO10/c1-5-8-9-12-15-18-30(40)19-16-13-10-11-14-17-20-32(38(46,37(45)49-26-7-3)28-34(42)48-25-6-2)35(43)39-33(36(44)47-4)27-29-21-23-31(41)24-22-29/h6-7,17,20-24,32-33,41,46H,2-3,5,8-16,18-19,25-28H2,1,4H3,(H,39,43)/b20-17+/t32-,33+,38+/m1/s1. The van der Waals surface area contributed by atoms with E-state index >= 15 is 0 Å². The van der Waals surface area contributed by atoms with E-state index in [1.165, 1.54) is 43.2 Å². The lowest BCUT2D eigenvalue weighted by Crippen LogP contribution is -2.56. The van der Waals surface area contributed by atoms with E-state index in [2.05, 4.69) is 25.4 Å². The molecule has 0 spiro atoms. The summed E-state index contributed by atoms with van der Waals surface area (Å²) in [4.78, 5) is 64.6. The Morgan fingerprint density at radius 3 is 2.06 bits per heavy atom. The summed E-state index contributed by atoms with van der Waals surface area (Å²) >= 11 is 0. The maximum Gasteiger partial charge on any atom is 0.340 e. The molecule has 49 heavy (non-hydrogen) atoms. The van der Waals surface area contributed by atoms with Crippen LogP contribution in [-0.2, 0) is 44.6 Å². The van der Waals surface area contributed by atoms with Gasteiger partial charge >= 0.3 is 17.9 Å². The normalized spacial score (nSPS) is 13.4. The molecule has 0 aromatic heterocycles. The monoisotopic (exact) mass is 685 g/mol. The highest BCUT2D eigenvalue weighted by atomic mass is 16.6. The number of esters is 3. The van der Waals surface area contributed by atoms with Crippen molar-refractivity contribution in [1.82, 2.24) is 5.32 Å². The number of methoxy groups -OCH3 is 1. The van der Waals surface area contributed by atoms with Gasteiger partial charge in [0.1, 0.15) is 30.8 Å². The summed E-state index contributed by atoms with van der Waals surface area (Å²) in [5.74, 6) is -5.33. The molecule has 0 bridgehead atoms. The molecule has 3 N–H and O–H groups in total. The number of hydrogen-bond donors (Lipinski definition) is 3. The van der Waals surface area contributed by atoms with Crippen LogP contribution < -0.4 is 5.32 Å². The maximum absolute atomic E-state index is 13.8. The van der Waals surface area contributed by atoms with E-state index in [0.717, 1.165) is 45.6 Å². The lowest BCUT2D eigenvalue weighted by Gasteiger charge is -2.31. The molecule has 0 aliphatic rings. The Hall–Kier alpha value is -4.25. The summed E-state index contributed by atoms with van der Waals surface area (Å²) in [6, 6.07) is 4.75. The van der Waals surface area contributed by atoms with Crippen molar-refractivity contribution < 1.29 is 48.4 Å². The number of rotatable bonds is 27. The average molecular weight is 686 g/mol. The lowest BCUT2D eigenvalue weighted by molar-refractivity contribution is -0.177. The fourth-order valence-corrected chi connectivity index (χ4v) is 5.14. The summed E-state index contributed by atoms with van der Waals surface area (Å²) in [6.07, 6.45) is 15.0. The van der Waals surface area contributed by atoms with E-state index in [1.54, 1.807) is 18.2 Å². The molecule has 272 valence electrons. The number of nitrogens with one attached hydrogen (secondary N) is 1. The zero-order chi connectivity index (χ0) is 36.5. The van der Waals surface area contributed by atoms with Crippen LogP contribution in [0.4, 0.5) is 0 Å². The Balaban J connectivity index is 3.11. The molecule has 3 atom stereocenters. The molecule has 1 rings (SSSR count). The fraction of sp³-hybridized carbons (Fsp3) is 0.553. The van der Waals surface area contributed by atoms with Crippen LogP contribution in [0, 0.1) is 5.92 Å². The first-order valence-corrected chi connectivity index (χ1v) is 17.1. The Kier molecular flexibility index (Phi) is 21.7. The van der Waals surface area contributed by atoms with Crippen molar-refractivity contribution in [1.29, 1.82) is 0 Å². The molecule has 11 heteroatoms. The van der Waals surface area contributed by atoms with Crippen LogP contribution in [-0.4, -0.2) is 71.8 Å². The second-order valence-corrected chi connectivity index (χ2v) is 12.0. The van der Waals surface area contributed by atoms with Crippen LogP contribution in [0.5, 0.6) is 5.75 Å². The largest absolute Gasteiger partial charge is 0.508 e. The first-order valence-electron chi connectivity index (χ1n) is 17.1. The van der Waals surface area contributed by atoms with E-state index in [0.29, 0.717) is 31.2 Å². The van der Waals surface area contributed by atoms with Crippen LogP contribution in [0.15, 0.2) is 61.7 Å². The van der Waals surface area contributed by atoms with Gasteiger partial charge in [0.2, 0.25) is 5.91 Å². The van der Waals surface area contributed by atoms with Crippen molar-refractivity contribution in [2.45, 2.75) is 108 Å². The highest BCUT2D eigenvalue weighted by Gasteiger charge is 2.50. The number of Topliss-reactive ketones (excluding diaryl/α,β-unsaturated/α-hetero) is 1. The smallest absolute Gasteiger partial charge is 0.340 e. The molecule has 0 fully saturated rings. The first-order chi connectivity index (χ1) is 23.5. The van der Waals surface area contributed by atoms with Crippen molar-refractivity contribution in [3.63, 3.8) is 0 Å². The van der Waals surface area contributed by atoms with E-state index in [9.17, 15) is 34.2 Å². The number of aromatic hydroxyl groups is 1. The van der Waals surface area contributed by atoms with Gasteiger partial charge < -0.3 is 29.7 Å². The Bertz CT molecular complexity index is 1230. The number of carbonyl (C=O) groups excluding carboxylic acids is 5. The summed E-state index contributed by atoms with van der Waals surface area (Å²) in [6.45, 7) is 8.64. The SMILES string of the molecule is C=CCOC(=O)C[C@@](O)(C(=O)OCC=C)[C@H](/C=C/CCCCCCC(=O)CCCCCCC)C(=O)N[C@@H](Cc1ccc(O)cc1)C(=O)OC. The fourth-order valence-electron chi connectivity index (χ4n) is 5.14. The summed E-state index contributed by atoms with van der Waals surface area (Å²) in [7, 11) is 1.15. The number of benzene rings is 1. The average Bonchev–Trinajstić information content (AvgIpc) is 3.08. The van der Waals surface area contributed by atoms with Gasteiger partial charge in [0.15, 0.2) is 5.60 Å². The third kappa shape index (κ3) is 17.1. The Morgan fingerprint density at radius 2 is 1.47 bits per heavy atom. The molecule has 0 saturated carbocycles. The molecule has 0 saturated heterocycles. The van der Waals surface area contributed by atoms with E-state index in [4.69, 9.17) is 14.2 Å². The predicted molar refractivity (Wildman–Crippen MR) is 186 cm³/mol. The van der Waals surface area contributed by atoms with E-state index in [1.807, 2.05) is 0 Å². The number of amides is 1. The molecule has 0 aliphatic carbocycles. The highest BCUT2D eigenvalue weighted by molar-refractivity contribution is 5.95. The first kappa shape index (κ1) is 42.8. The third-order valence-corrected chi connectivity index (χ3v) is 7.90. The van der Waals surface area contributed by atoms with Gasteiger partial charge in [-0.25, -0.2) is 9.59 Å². The summed E-state index contributed by atoms with van der Waals surface area (Å²) in [5.41, 5.74) is -2.12. The van der Waals surface area contributed by atoms with Gasteiger partial charge in [0.25, 0.3) is 0 Å². The van der Waals surface area contributed by atoms with E-state index in [-0.39, 0.29) is 31.2 Å². The molecule has 1 aromatic carbocycles. The number of hydrogen-bond acceptors (Lipinski definition) is 10. The van der Waals surface area contributed by atoms with E-state index < -0.39 is 47.8 Å². The Labute approximate surface area is 290 Å². The van der Waals surface area contributed by atoms with Crippen LogP contribution in [0.25, 0.3) is 0 Å². The zero-order valence-corrected chi connectivity index (χ0v) is 29.2. The second-order valence-electron chi connectivity index (χ2n) is 12.0. The number of unbranched alkanes of at least 4 members (excludes halogenated alkanes) is 8. The minimum absolute atomic E-state index is 0.0145. The summed E-state index contributed by atoms with van der Waals surface area (Å²) in [5, 5.41) is 23.9. The minimum atomic E-state index is -2.71. The van der Waals surface area contributed by atoms with Gasteiger partial charge in [-0.2, -0.15) is 0 Å². The Morgan fingerprint density at radius 1 is 0.878 bits per heavy atom. The van der Waals surface area contributed by atoms with Gasteiger partial charge in [-0.3, -0.25) is 14.4 Å². The van der Waals surface area contributed by atoms with Crippen molar-refractivity contribution in [2.75, 3.05) is 20.3 Å². The van der Waals surface area contributed by atoms with Gasteiger partial charge in [-0.05, 0) is 43.4 Å². The molecular weight excluding hydrogens is 630 g/mol. The third-order valence-electron chi connectivity index (χ3n) is 7.90. The predicted octanol–water partition coefficient (Wildman–Crippen LogP) is 5.61. The number of allylic oxidation sites excluding steroid dienone is 1. The molecule has 0 radical (unpaired) electrons. The number of phenolic OH excluding ortho intramolecular Hbond substituents is 1. The molecule has 0 unspecified atom stereocenters. The maximum atomic E-state index is 13.8. The van der Waals surface area contributed by atoms with Crippen LogP contribution in [0.2, 0.25) is 0 Å². The number of aliphatic hydroxyl groups is 1. The van der Waals surface area contributed by atoms with Crippen molar-refractivity contribution in [2.24, 2.45) is 5.92 Å². The molecule has 1 aromatic rings. The van der Waals surface area contributed by atoms with Gasteiger partial charge in [-0.1, -0.05) is 95.0 Å².